The Morgan fingerprint density at radius 1 is 1.24 bits per heavy atom. The Morgan fingerprint density at radius 3 is 2.43 bits per heavy atom. The second kappa shape index (κ2) is 9.95. The van der Waals surface area contributed by atoms with E-state index in [1.807, 2.05) is 0 Å². The van der Waals surface area contributed by atoms with Gasteiger partial charge in [0.2, 0.25) is 11.8 Å². The molecule has 118 valence electrons. The molecule has 0 saturated carbocycles. The lowest BCUT2D eigenvalue weighted by Crippen LogP contribution is -2.42. The van der Waals surface area contributed by atoms with E-state index in [0.717, 1.165) is 0 Å². The first-order valence-electron chi connectivity index (χ1n) is 6.17. The van der Waals surface area contributed by atoms with Crippen LogP contribution in [0.2, 0.25) is 0 Å². The van der Waals surface area contributed by atoms with Gasteiger partial charge in [-0.25, -0.2) is 4.39 Å². The molecule has 0 fully saturated rings. The van der Waals surface area contributed by atoms with Crippen LogP contribution >= 0.6 is 12.4 Å². The van der Waals surface area contributed by atoms with Crippen LogP contribution in [-0.4, -0.2) is 37.6 Å². The van der Waals surface area contributed by atoms with Crippen molar-refractivity contribution in [2.45, 2.75) is 13.0 Å². The van der Waals surface area contributed by atoms with Gasteiger partial charge in [-0.1, -0.05) is 0 Å². The minimum atomic E-state index is -0.393. The summed E-state index contributed by atoms with van der Waals surface area (Å²) in [6, 6.07) is 5.61. The van der Waals surface area contributed by atoms with Gasteiger partial charge < -0.3 is 21.1 Å². The van der Waals surface area contributed by atoms with Crippen LogP contribution in [0.15, 0.2) is 24.3 Å². The fourth-order valence-electron chi connectivity index (χ4n) is 1.36. The summed E-state index contributed by atoms with van der Waals surface area (Å²) >= 11 is 0. The summed E-state index contributed by atoms with van der Waals surface area (Å²) in [5.74, 6) is -0.546. The van der Waals surface area contributed by atoms with Crippen LogP contribution in [0.4, 0.5) is 4.39 Å². The average molecular weight is 320 g/mol. The number of nitrogens with one attached hydrogen (secondary N) is 2. The number of carbonyl (C=O) groups is 2. The second-order valence-corrected chi connectivity index (χ2v) is 4.17. The summed E-state index contributed by atoms with van der Waals surface area (Å²) in [6.45, 7) is 1.76. The highest BCUT2D eigenvalue weighted by molar-refractivity contribution is 5.85. The first kappa shape index (κ1) is 19.1. The number of nitrogens with two attached hydrogens (primary N) is 1. The molecule has 1 unspecified atom stereocenters. The first-order chi connectivity index (χ1) is 9.51. The fraction of sp³-hybridized carbons (Fsp3) is 0.385. The molecule has 2 amide bonds. The van der Waals surface area contributed by atoms with Crippen molar-refractivity contribution in [2.24, 2.45) is 5.73 Å². The highest BCUT2D eigenvalue weighted by atomic mass is 35.5. The van der Waals surface area contributed by atoms with Gasteiger partial charge in [0.25, 0.3) is 0 Å². The SMILES string of the molecule is CC(CNC(=O)CNC(=O)CN)Oc1ccc(F)cc1.Cl. The number of amides is 2. The zero-order valence-corrected chi connectivity index (χ0v) is 12.4. The normalized spacial score (nSPS) is 11.0. The minimum Gasteiger partial charge on any atom is -0.489 e. The molecule has 1 atom stereocenters. The minimum absolute atomic E-state index is 0. The van der Waals surface area contributed by atoms with Crippen molar-refractivity contribution in [2.75, 3.05) is 19.6 Å². The molecular formula is C13H19ClFN3O3. The van der Waals surface area contributed by atoms with Gasteiger partial charge in [-0.2, -0.15) is 0 Å². The molecule has 0 saturated heterocycles. The molecule has 21 heavy (non-hydrogen) atoms. The van der Waals surface area contributed by atoms with Gasteiger partial charge in [0.1, 0.15) is 17.7 Å². The van der Waals surface area contributed by atoms with Crippen LogP contribution in [0, 0.1) is 5.82 Å². The third kappa shape index (κ3) is 8.11. The molecule has 1 aromatic rings. The molecular weight excluding hydrogens is 301 g/mol. The Morgan fingerprint density at radius 2 is 1.86 bits per heavy atom. The number of halogens is 2. The van der Waals surface area contributed by atoms with Crippen molar-refractivity contribution in [1.82, 2.24) is 10.6 Å². The van der Waals surface area contributed by atoms with Crippen molar-refractivity contribution in [1.29, 1.82) is 0 Å². The van der Waals surface area contributed by atoms with Gasteiger partial charge in [-0.05, 0) is 31.2 Å². The lowest BCUT2D eigenvalue weighted by atomic mass is 10.3. The Kier molecular flexibility index (Phi) is 9.07. The number of hydrogen-bond acceptors (Lipinski definition) is 4. The van der Waals surface area contributed by atoms with Crippen LogP contribution in [0.5, 0.6) is 5.75 Å². The summed E-state index contributed by atoms with van der Waals surface area (Å²) in [4.78, 5) is 22.2. The topological polar surface area (TPSA) is 93.5 Å². The van der Waals surface area contributed by atoms with Crippen molar-refractivity contribution in [3.63, 3.8) is 0 Å². The highest BCUT2D eigenvalue weighted by Crippen LogP contribution is 2.12. The summed E-state index contributed by atoms with van der Waals surface area (Å²) in [6.07, 6.45) is -0.283. The molecule has 1 rings (SSSR count). The second-order valence-electron chi connectivity index (χ2n) is 4.17. The maximum Gasteiger partial charge on any atom is 0.239 e. The number of carbonyl (C=O) groups excluding carboxylic acids is 2. The van der Waals surface area contributed by atoms with E-state index in [9.17, 15) is 14.0 Å². The Bertz CT molecular complexity index is 456. The maximum absolute atomic E-state index is 12.7. The number of benzene rings is 1. The van der Waals surface area contributed by atoms with Crippen molar-refractivity contribution < 1.29 is 18.7 Å². The van der Waals surface area contributed by atoms with E-state index in [0.29, 0.717) is 5.75 Å². The third-order valence-corrected chi connectivity index (χ3v) is 2.37. The number of hydrogen-bond donors (Lipinski definition) is 3. The molecule has 0 spiro atoms. The van der Waals surface area contributed by atoms with E-state index in [1.165, 1.54) is 24.3 Å². The molecule has 0 aromatic heterocycles. The predicted molar refractivity (Wildman–Crippen MR) is 78.8 cm³/mol. The van der Waals surface area contributed by atoms with Crippen LogP contribution in [0.1, 0.15) is 6.92 Å². The molecule has 1 aromatic carbocycles. The van der Waals surface area contributed by atoms with Crippen molar-refractivity contribution in [3.8, 4) is 5.75 Å². The van der Waals surface area contributed by atoms with Gasteiger partial charge in [0.15, 0.2) is 0 Å². The molecule has 0 bridgehead atoms. The van der Waals surface area contributed by atoms with Crippen LogP contribution < -0.4 is 21.1 Å². The van der Waals surface area contributed by atoms with E-state index >= 15 is 0 Å². The van der Waals surface area contributed by atoms with Crippen molar-refractivity contribution in [3.05, 3.63) is 30.1 Å². The van der Waals surface area contributed by atoms with E-state index < -0.39 is 5.91 Å². The molecule has 8 heteroatoms. The lowest BCUT2D eigenvalue weighted by molar-refractivity contribution is -0.125. The first-order valence-corrected chi connectivity index (χ1v) is 6.17. The van der Waals surface area contributed by atoms with Gasteiger partial charge in [0, 0.05) is 0 Å². The van der Waals surface area contributed by atoms with Gasteiger partial charge in [0.05, 0.1) is 19.6 Å². The molecule has 6 nitrogen and oxygen atoms in total. The van der Waals surface area contributed by atoms with Crippen molar-refractivity contribution >= 4 is 24.2 Å². The smallest absolute Gasteiger partial charge is 0.239 e. The summed E-state index contributed by atoms with van der Waals surface area (Å²) in [5.41, 5.74) is 5.09. The molecule has 0 radical (unpaired) electrons. The Hall–Kier alpha value is -1.86. The molecule has 0 heterocycles. The predicted octanol–water partition coefficient (Wildman–Crippen LogP) is 0.206. The quantitative estimate of drug-likeness (QED) is 0.669. The third-order valence-electron chi connectivity index (χ3n) is 2.37. The van der Waals surface area contributed by atoms with E-state index in [2.05, 4.69) is 10.6 Å². The van der Waals surface area contributed by atoms with E-state index in [-0.39, 0.29) is 49.9 Å². The van der Waals surface area contributed by atoms with Gasteiger partial charge >= 0.3 is 0 Å². The van der Waals surface area contributed by atoms with Crippen LogP contribution in [-0.2, 0) is 9.59 Å². The molecule has 4 N–H and O–H groups in total. The Labute approximate surface area is 128 Å². The molecule has 0 aliphatic carbocycles. The molecule has 0 aliphatic heterocycles. The van der Waals surface area contributed by atoms with Gasteiger partial charge in [-0.15, -0.1) is 12.4 Å². The number of ether oxygens (including phenoxy) is 1. The lowest BCUT2D eigenvalue weighted by Gasteiger charge is -2.15. The maximum atomic E-state index is 12.7. The fourth-order valence-corrected chi connectivity index (χ4v) is 1.36. The zero-order chi connectivity index (χ0) is 15.0. The molecule has 0 aliphatic rings. The average Bonchev–Trinajstić information content (AvgIpc) is 2.45. The Balaban J connectivity index is 0.00000400. The number of rotatable bonds is 7. The summed E-state index contributed by atoms with van der Waals surface area (Å²) < 4.78 is 18.2. The zero-order valence-electron chi connectivity index (χ0n) is 11.6. The van der Waals surface area contributed by atoms with Crippen LogP contribution in [0.25, 0.3) is 0 Å². The summed E-state index contributed by atoms with van der Waals surface area (Å²) in [7, 11) is 0. The van der Waals surface area contributed by atoms with E-state index in [1.54, 1.807) is 6.92 Å². The van der Waals surface area contributed by atoms with E-state index in [4.69, 9.17) is 10.5 Å². The standard InChI is InChI=1S/C13H18FN3O3.ClH/c1-9(20-11-4-2-10(14)3-5-11)7-16-13(19)8-17-12(18)6-15;/h2-5,9H,6-8,15H2,1H3,(H,16,19)(H,17,18);1H. The largest absolute Gasteiger partial charge is 0.489 e. The highest BCUT2D eigenvalue weighted by Gasteiger charge is 2.08. The monoisotopic (exact) mass is 319 g/mol. The summed E-state index contributed by atoms with van der Waals surface area (Å²) in [5, 5.41) is 4.95. The van der Waals surface area contributed by atoms with Crippen LogP contribution in [0.3, 0.4) is 0 Å². The van der Waals surface area contributed by atoms with Gasteiger partial charge in [-0.3, -0.25) is 9.59 Å².